The van der Waals surface area contributed by atoms with Crippen LogP contribution in [0, 0.1) is 0 Å². The van der Waals surface area contributed by atoms with Crippen molar-refractivity contribution in [3.8, 4) is 0 Å². The van der Waals surface area contributed by atoms with Gasteiger partial charge < -0.3 is 10.1 Å². The highest BCUT2D eigenvalue weighted by atomic mass is 35.5. The molecular formula is C15H18ClNO5S. The molecule has 0 atom stereocenters. The molecule has 23 heavy (non-hydrogen) atoms. The molecule has 2 rings (SSSR count). The van der Waals surface area contributed by atoms with Crippen LogP contribution in [-0.4, -0.2) is 39.2 Å². The van der Waals surface area contributed by atoms with Crippen molar-refractivity contribution in [1.29, 1.82) is 0 Å². The lowest BCUT2D eigenvalue weighted by atomic mass is 10.2. The minimum Gasteiger partial charge on any atom is -0.452 e. The zero-order valence-electron chi connectivity index (χ0n) is 12.7. The minimum atomic E-state index is -3.47. The number of hydrogen-bond acceptors (Lipinski definition) is 5. The number of halogens is 1. The molecule has 126 valence electrons. The summed E-state index contributed by atoms with van der Waals surface area (Å²) in [5.74, 6) is -1.21. The number of benzene rings is 1. The molecule has 0 saturated heterocycles. The average Bonchev–Trinajstić information content (AvgIpc) is 2.97. The van der Waals surface area contributed by atoms with E-state index in [-0.39, 0.29) is 27.4 Å². The van der Waals surface area contributed by atoms with Crippen LogP contribution in [0.1, 0.15) is 36.0 Å². The highest BCUT2D eigenvalue weighted by Crippen LogP contribution is 2.21. The Labute approximate surface area is 140 Å². The SMILES string of the molecule is CS(=O)(=O)c1ccc(Cl)c(C(=O)OCC(=O)NC2CCCC2)c1. The summed E-state index contributed by atoms with van der Waals surface area (Å²) in [7, 11) is -3.47. The van der Waals surface area contributed by atoms with E-state index in [9.17, 15) is 18.0 Å². The summed E-state index contributed by atoms with van der Waals surface area (Å²) >= 11 is 5.90. The minimum absolute atomic E-state index is 0.0377. The van der Waals surface area contributed by atoms with Crippen LogP contribution in [0.15, 0.2) is 23.1 Å². The normalized spacial score (nSPS) is 15.4. The second-order valence-electron chi connectivity index (χ2n) is 5.54. The monoisotopic (exact) mass is 359 g/mol. The molecular weight excluding hydrogens is 342 g/mol. The van der Waals surface area contributed by atoms with Crippen molar-refractivity contribution in [1.82, 2.24) is 5.32 Å². The van der Waals surface area contributed by atoms with Crippen LogP contribution >= 0.6 is 11.6 Å². The van der Waals surface area contributed by atoms with Gasteiger partial charge in [-0.15, -0.1) is 0 Å². The molecule has 1 aromatic rings. The Hall–Kier alpha value is -1.60. The number of esters is 1. The quantitative estimate of drug-likeness (QED) is 0.812. The number of sulfone groups is 1. The van der Waals surface area contributed by atoms with Crippen molar-refractivity contribution in [2.45, 2.75) is 36.6 Å². The first kappa shape index (κ1) is 17.7. The van der Waals surface area contributed by atoms with Gasteiger partial charge in [-0.25, -0.2) is 13.2 Å². The summed E-state index contributed by atoms with van der Waals surface area (Å²) in [5, 5.41) is 2.86. The van der Waals surface area contributed by atoms with E-state index in [2.05, 4.69) is 5.32 Å². The topological polar surface area (TPSA) is 89.5 Å². The van der Waals surface area contributed by atoms with Crippen molar-refractivity contribution in [2.75, 3.05) is 12.9 Å². The van der Waals surface area contributed by atoms with Crippen LogP contribution in [-0.2, 0) is 19.4 Å². The van der Waals surface area contributed by atoms with Crippen LogP contribution in [0.25, 0.3) is 0 Å². The Bertz CT molecular complexity index is 711. The molecule has 1 aliphatic carbocycles. The van der Waals surface area contributed by atoms with Crippen LogP contribution in [0.4, 0.5) is 0 Å². The van der Waals surface area contributed by atoms with Gasteiger partial charge in [0.05, 0.1) is 15.5 Å². The molecule has 1 amide bonds. The van der Waals surface area contributed by atoms with E-state index in [1.165, 1.54) is 12.1 Å². The molecule has 1 aromatic carbocycles. The summed E-state index contributed by atoms with van der Waals surface area (Å²) in [5.41, 5.74) is -0.0803. The van der Waals surface area contributed by atoms with E-state index in [1.54, 1.807) is 0 Å². The Balaban J connectivity index is 1.98. The maximum atomic E-state index is 12.0. The van der Waals surface area contributed by atoms with Gasteiger partial charge in [0.1, 0.15) is 0 Å². The summed E-state index contributed by atoms with van der Waals surface area (Å²) in [4.78, 5) is 23.7. The number of amides is 1. The largest absolute Gasteiger partial charge is 0.452 e. The molecule has 1 N–H and O–H groups in total. The number of carbonyl (C=O) groups excluding carboxylic acids is 2. The molecule has 8 heteroatoms. The van der Waals surface area contributed by atoms with Crippen molar-refractivity contribution < 1.29 is 22.7 Å². The van der Waals surface area contributed by atoms with Gasteiger partial charge in [-0.1, -0.05) is 24.4 Å². The molecule has 1 aliphatic rings. The lowest BCUT2D eigenvalue weighted by Crippen LogP contribution is -2.35. The van der Waals surface area contributed by atoms with Gasteiger partial charge in [-0.2, -0.15) is 0 Å². The molecule has 6 nitrogen and oxygen atoms in total. The zero-order valence-corrected chi connectivity index (χ0v) is 14.2. The third-order valence-electron chi connectivity index (χ3n) is 3.64. The Morgan fingerprint density at radius 3 is 2.57 bits per heavy atom. The van der Waals surface area contributed by atoms with Gasteiger partial charge in [0, 0.05) is 12.3 Å². The Morgan fingerprint density at radius 1 is 1.30 bits per heavy atom. The molecule has 0 aromatic heterocycles. The molecule has 1 saturated carbocycles. The number of ether oxygens (including phenoxy) is 1. The van der Waals surface area contributed by atoms with E-state index in [4.69, 9.17) is 16.3 Å². The van der Waals surface area contributed by atoms with Crippen molar-refractivity contribution >= 4 is 33.3 Å². The fourth-order valence-corrected chi connectivity index (χ4v) is 3.28. The second kappa shape index (κ2) is 7.31. The molecule has 0 heterocycles. The van der Waals surface area contributed by atoms with E-state index in [0.29, 0.717) is 0 Å². The van der Waals surface area contributed by atoms with Crippen molar-refractivity contribution in [2.24, 2.45) is 0 Å². The number of hydrogen-bond donors (Lipinski definition) is 1. The summed E-state index contributed by atoms with van der Waals surface area (Å²) < 4.78 is 28.0. The van der Waals surface area contributed by atoms with Gasteiger partial charge in [0.25, 0.3) is 5.91 Å². The first-order valence-corrected chi connectivity index (χ1v) is 9.50. The predicted octanol–water partition coefficient (Wildman–Crippen LogP) is 1.96. The van der Waals surface area contributed by atoms with Crippen LogP contribution < -0.4 is 5.32 Å². The fourth-order valence-electron chi connectivity index (χ4n) is 2.44. The molecule has 0 radical (unpaired) electrons. The van der Waals surface area contributed by atoms with Crippen molar-refractivity contribution in [3.63, 3.8) is 0 Å². The number of nitrogens with one attached hydrogen (secondary N) is 1. The van der Waals surface area contributed by atoms with E-state index in [0.717, 1.165) is 38.0 Å². The highest BCUT2D eigenvalue weighted by Gasteiger charge is 2.20. The van der Waals surface area contributed by atoms with E-state index >= 15 is 0 Å². The van der Waals surface area contributed by atoms with E-state index in [1.807, 2.05) is 0 Å². The maximum Gasteiger partial charge on any atom is 0.340 e. The third-order valence-corrected chi connectivity index (χ3v) is 5.08. The number of carbonyl (C=O) groups is 2. The van der Waals surface area contributed by atoms with Gasteiger partial charge >= 0.3 is 5.97 Å². The van der Waals surface area contributed by atoms with Crippen molar-refractivity contribution in [3.05, 3.63) is 28.8 Å². The standard InChI is InChI=1S/C15H18ClNO5S/c1-23(20,21)11-6-7-13(16)12(8-11)15(19)22-9-14(18)17-10-4-2-3-5-10/h6-8,10H,2-5,9H2,1H3,(H,17,18). The van der Waals surface area contributed by atoms with Gasteiger partial charge in [-0.3, -0.25) is 4.79 Å². The van der Waals surface area contributed by atoms with Gasteiger partial charge in [0.15, 0.2) is 16.4 Å². The third kappa shape index (κ3) is 4.94. The lowest BCUT2D eigenvalue weighted by Gasteiger charge is -2.12. The van der Waals surface area contributed by atoms with Crippen LogP contribution in [0.3, 0.4) is 0 Å². The average molecular weight is 360 g/mol. The smallest absolute Gasteiger partial charge is 0.340 e. The molecule has 0 spiro atoms. The zero-order chi connectivity index (χ0) is 17.0. The Kier molecular flexibility index (Phi) is 5.64. The first-order valence-electron chi connectivity index (χ1n) is 7.23. The second-order valence-corrected chi connectivity index (χ2v) is 7.96. The molecule has 0 bridgehead atoms. The molecule has 0 aliphatic heterocycles. The first-order chi connectivity index (χ1) is 10.8. The number of rotatable bonds is 5. The van der Waals surface area contributed by atoms with Crippen LogP contribution in [0.5, 0.6) is 0 Å². The highest BCUT2D eigenvalue weighted by molar-refractivity contribution is 7.90. The summed E-state index contributed by atoms with van der Waals surface area (Å²) in [6, 6.07) is 3.90. The molecule has 1 fully saturated rings. The fraction of sp³-hybridized carbons (Fsp3) is 0.467. The lowest BCUT2D eigenvalue weighted by molar-refractivity contribution is -0.124. The maximum absolute atomic E-state index is 12.0. The Morgan fingerprint density at radius 2 is 1.96 bits per heavy atom. The van der Waals surface area contributed by atoms with Crippen LogP contribution in [0.2, 0.25) is 5.02 Å². The van der Waals surface area contributed by atoms with E-state index < -0.39 is 22.4 Å². The van der Waals surface area contributed by atoms with Gasteiger partial charge in [0.2, 0.25) is 0 Å². The summed E-state index contributed by atoms with van der Waals surface area (Å²) in [6.45, 7) is -0.422. The van der Waals surface area contributed by atoms with Gasteiger partial charge in [-0.05, 0) is 31.0 Å². The summed E-state index contributed by atoms with van der Waals surface area (Å²) in [6.07, 6.45) is 5.06. The predicted molar refractivity (Wildman–Crippen MR) is 85.2 cm³/mol. The molecule has 0 unspecified atom stereocenters.